The molecule has 7 nitrogen and oxygen atoms in total. The number of fused-ring (bicyclic) bond motifs is 1. The van der Waals surface area contributed by atoms with Gasteiger partial charge in [-0.2, -0.15) is 9.61 Å². The molecule has 2 aromatic heterocycles. The Labute approximate surface area is 147 Å². The van der Waals surface area contributed by atoms with Crippen LogP contribution < -0.4 is 4.90 Å². The number of nitrogens with zero attached hydrogens (tertiary/aromatic N) is 6. The largest absolute Gasteiger partial charge is 0.392 e. The first-order valence-electron chi connectivity index (χ1n) is 9.47. The lowest BCUT2D eigenvalue weighted by molar-refractivity contribution is -0.0465. The minimum Gasteiger partial charge on any atom is -0.392 e. The molecule has 0 radical (unpaired) electrons. The summed E-state index contributed by atoms with van der Waals surface area (Å²) in [6.07, 6.45) is 7.01. The molecular weight excluding hydrogens is 316 g/mol. The average molecular weight is 342 g/mol. The van der Waals surface area contributed by atoms with Gasteiger partial charge in [0, 0.05) is 37.5 Å². The Hall–Kier alpha value is -1.73. The fourth-order valence-corrected chi connectivity index (χ4v) is 4.78. The molecule has 7 heteroatoms. The van der Waals surface area contributed by atoms with E-state index in [1.165, 1.54) is 12.8 Å². The van der Waals surface area contributed by atoms with E-state index in [1.807, 2.05) is 4.52 Å². The van der Waals surface area contributed by atoms with Crippen molar-refractivity contribution in [1.29, 1.82) is 0 Å². The Kier molecular flexibility index (Phi) is 3.50. The SMILES string of the molecule is CN1CC[C@H](O)[C@@]2(CCCN(c3cc(C4CC4)nn4cnnc34)C2)C1. The van der Waals surface area contributed by atoms with E-state index in [4.69, 9.17) is 5.10 Å². The summed E-state index contributed by atoms with van der Waals surface area (Å²) in [6.45, 7) is 3.84. The van der Waals surface area contributed by atoms with Gasteiger partial charge in [0.05, 0.1) is 17.5 Å². The van der Waals surface area contributed by atoms with Crippen molar-refractivity contribution in [3.8, 4) is 0 Å². The molecule has 134 valence electrons. The highest BCUT2D eigenvalue weighted by molar-refractivity contribution is 5.69. The second-order valence-corrected chi connectivity index (χ2v) is 8.26. The summed E-state index contributed by atoms with van der Waals surface area (Å²) in [5, 5.41) is 23.9. The van der Waals surface area contributed by atoms with Gasteiger partial charge in [-0.15, -0.1) is 10.2 Å². The van der Waals surface area contributed by atoms with Crippen molar-refractivity contribution in [2.24, 2.45) is 5.41 Å². The summed E-state index contributed by atoms with van der Waals surface area (Å²) >= 11 is 0. The number of hydrogen-bond acceptors (Lipinski definition) is 6. The van der Waals surface area contributed by atoms with Crippen LogP contribution in [-0.2, 0) is 0 Å². The van der Waals surface area contributed by atoms with Crippen molar-refractivity contribution in [2.45, 2.75) is 44.1 Å². The molecule has 0 unspecified atom stereocenters. The molecule has 1 N–H and O–H groups in total. The summed E-state index contributed by atoms with van der Waals surface area (Å²) < 4.78 is 1.83. The van der Waals surface area contributed by atoms with Crippen LogP contribution in [0, 0.1) is 5.41 Å². The Morgan fingerprint density at radius 3 is 2.92 bits per heavy atom. The Morgan fingerprint density at radius 1 is 1.20 bits per heavy atom. The van der Waals surface area contributed by atoms with Gasteiger partial charge in [-0.1, -0.05) is 0 Å². The van der Waals surface area contributed by atoms with Gasteiger partial charge in [0.2, 0.25) is 5.65 Å². The molecule has 0 bridgehead atoms. The van der Waals surface area contributed by atoms with Crippen molar-refractivity contribution < 1.29 is 5.11 Å². The second kappa shape index (κ2) is 5.64. The van der Waals surface area contributed by atoms with Crippen LogP contribution >= 0.6 is 0 Å². The highest BCUT2D eigenvalue weighted by Gasteiger charge is 2.45. The van der Waals surface area contributed by atoms with Crippen molar-refractivity contribution in [2.75, 3.05) is 38.1 Å². The van der Waals surface area contributed by atoms with Crippen molar-refractivity contribution in [1.82, 2.24) is 24.7 Å². The van der Waals surface area contributed by atoms with Gasteiger partial charge in [-0.3, -0.25) is 0 Å². The number of aromatic nitrogens is 4. The Balaban J connectivity index is 1.52. The van der Waals surface area contributed by atoms with Gasteiger partial charge in [-0.05, 0) is 45.2 Å². The van der Waals surface area contributed by atoms with E-state index in [0.717, 1.165) is 62.5 Å². The zero-order valence-corrected chi connectivity index (χ0v) is 14.8. The molecule has 2 atom stereocenters. The van der Waals surface area contributed by atoms with Crippen molar-refractivity contribution in [3.05, 3.63) is 18.1 Å². The summed E-state index contributed by atoms with van der Waals surface area (Å²) in [5.41, 5.74) is 3.09. The number of likely N-dealkylation sites (tertiary alicyclic amines) is 1. The van der Waals surface area contributed by atoms with Crippen LogP contribution in [0.3, 0.4) is 0 Å². The number of aliphatic hydroxyl groups is 1. The van der Waals surface area contributed by atoms with Crippen LogP contribution in [0.25, 0.3) is 5.65 Å². The van der Waals surface area contributed by atoms with Gasteiger partial charge in [0.1, 0.15) is 6.33 Å². The molecule has 1 spiro atoms. The first kappa shape index (κ1) is 15.5. The van der Waals surface area contributed by atoms with E-state index >= 15 is 0 Å². The summed E-state index contributed by atoms with van der Waals surface area (Å²) in [5.74, 6) is 0.593. The number of piperidine rings is 2. The van der Waals surface area contributed by atoms with E-state index in [-0.39, 0.29) is 11.5 Å². The maximum atomic E-state index is 10.8. The zero-order chi connectivity index (χ0) is 17.0. The van der Waals surface area contributed by atoms with Gasteiger partial charge < -0.3 is 14.9 Å². The Morgan fingerprint density at radius 2 is 2.08 bits per heavy atom. The topological polar surface area (TPSA) is 69.8 Å². The van der Waals surface area contributed by atoms with E-state index < -0.39 is 0 Å². The molecule has 4 heterocycles. The summed E-state index contributed by atoms with van der Waals surface area (Å²) in [4.78, 5) is 4.79. The predicted molar refractivity (Wildman–Crippen MR) is 94.8 cm³/mol. The first-order chi connectivity index (χ1) is 12.1. The van der Waals surface area contributed by atoms with E-state index in [9.17, 15) is 5.11 Å². The van der Waals surface area contributed by atoms with E-state index in [0.29, 0.717) is 5.92 Å². The lowest BCUT2D eigenvalue weighted by atomic mass is 9.71. The predicted octanol–water partition coefficient (Wildman–Crippen LogP) is 1.28. The summed E-state index contributed by atoms with van der Waals surface area (Å²) in [6, 6.07) is 2.22. The van der Waals surface area contributed by atoms with Crippen molar-refractivity contribution >= 4 is 11.3 Å². The van der Waals surface area contributed by atoms with Gasteiger partial charge in [-0.25, -0.2) is 0 Å². The van der Waals surface area contributed by atoms with E-state index in [1.54, 1.807) is 6.33 Å². The number of rotatable bonds is 2. The van der Waals surface area contributed by atoms with Gasteiger partial charge in [0.15, 0.2) is 0 Å². The monoisotopic (exact) mass is 342 g/mol. The molecular formula is C18H26N6O. The molecule has 2 saturated heterocycles. The molecule has 0 amide bonds. The van der Waals surface area contributed by atoms with Crippen LogP contribution in [0.1, 0.15) is 43.7 Å². The third-order valence-corrected chi connectivity index (χ3v) is 6.29. The molecule has 2 aliphatic heterocycles. The third-order valence-electron chi connectivity index (χ3n) is 6.29. The summed E-state index contributed by atoms with van der Waals surface area (Å²) in [7, 11) is 2.17. The molecule has 3 fully saturated rings. The Bertz CT molecular complexity index is 787. The molecule has 25 heavy (non-hydrogen) atoms. The smallest absolute Gasteiger partial charge is 0.200 e. The highest BCUT2D eigenvalue weighted by Crippen LogP contribution is 2.43. The fraction of sp³-hybridized carbons (Fsp3) is 0.722. The minimum atomic E-state index is -0.217. The van der Waals surface area contributed by atoms with Crippen LogP contribution in [0.2, 0.25) is 0 Å². The number of aliphatic hydroxyl groups excluding tert-OH is 1. The number of hydrogen-bond donors (Lipinski definition) is 1. The van der Waals surface area contributed by atoms with E-state index in [2.05, 4.69) is 33.1 Å². The zero-order valence-electron chi connectivity index (χ0n) is 14.8. The maximum absolute atomic E-state index is 10.8. The lowest BCUT2D eigenvalue weighted by Gasteiger charge is -2.51. The highest BCUT2D eigenvalue weighted by atomic mass is 16.3. The van der Waals surface area contributed by atoms with Crippen molar-refractivity contribution in [3.63, 3.8) is 0 Å². The molecule has 0 aromatic carbocycles. The van der Waals surface area contributed by atoms with Crippen LogP contribution in [-0.4, -0.2) is 69.1 Å². The lowest BCUT2D eigenvalue weighted by Crippen LogP contribution is -2.58. The van der Waals surface area contributed by atoms with Crippen LogP contribution in [0.5, 0.6) is 0 Å². The molecule has 1 aliphatic carbocycles. The fourth-order valence-electron chi connectivity index (χ4n) is 4.78. The number of anilines is 1. The third kappa shape index (κ3) is 2.60. The van der Waals surface area contributed by atoms with Gasteiger partial charge in [0.25, 0.3) is 0 Å². The average Bonchev–Trinajstić information content (AvgIpc) is 3.35. The normalized spacial score (nSPS) is 31.1. The van der Waals surface area contributed by atoms with Gasteiger partial charge >= 0.3 is 0 Å². The minimum absolute atomic E-state index is 0.0364. The molecule has 1 saturated carbocycles. The second-order valence-electron chi connectivity index (χ2n) is 8.26. The first-order valence-corrected chi connectivity index (χ1v) is 9.47. The molecule has 3 aliphatic rings. The maximum Gasteiger partial charge on any atom is 0.200 e. The molecule has 2 aromatic rings. The standard InChI is InChI=1S/C18H26N6O/c1-22-8-5-16(25)18(10-22)6-2-7-23(11-18)15-9-14(13-3-4-13)21-24-12-19-20-17(15)24/h9,12-13,16,25H,2-8,10-11H2,1H3/t16-,18-/m0/s1. The van der Waals surface area contributed by atoms with Crippen LogP contribution in [0.4, 0.5) is 5.69 Å². The quantitative estimate of drug-likeness (QED) is 0.887. The van der Waals surface area contributed by atoms with Crippen LogP contribution in [0.15, 0.2) is 12.4 Å². The molecule has 5 rings (SSSR count).